The molecule has 0 saturated heterocycles. The van der Waals surface area contributed by atoms with E-state index in [1.807, 2.05) is 32.0 Å². The Kier molecular flexibility index (Phi) is 4.24. The highest BCUT2D eigenvalue weighted by Crippen LogP contribution is 2.20. The lowest BCUT2D eigenvalue weighted by atomic mass is 10.0. The van der Waals surface area contributed by atoms with Gasteiger partial charge in [0, 0.05) is 6.54 Å². The highest BCUT2D eigenvalue weighted by molar-refractivity contribution is 5.89. The molecule has 106 valence electrons. The minimum absolute atomic E-state index is 0.165. The van der Waals surface area contributed by atoms with Gasteiger partial charge in [0.2, 0.25) is 0 Å². The van der Waals surface area contributed by atoms with Gasteiger partial charge in [0.05, 0.1) is 16.8 Å². The molecule has 0 aromatic heterocycles. The molecule has 2 N–H and O–H groups in total. The van der Waals surface area contributed by atoms with Crippen molar-refractivity contribution < 1.29 is 9.90 Å². The zero-order chi connectivity index (χ0) is 15.4. The first kappa shape index (κ1) is 14.6. The van der Waals surface area contributed by atoms with Gasteiger partial charge in [-0.3, -0.25) is 0 Å². The third-order valence-corrected chi connectivity index (χ3v) is 3.49. The quantitative estimate of drug-likeness (QED) is 0.899. The number of benzene rings is 2. The number of carboxylic acids is 1. The largest absolute Gasteiger partial charge is 0.478 e. The van der Waals surface area contributed by atoms with E-state index >= 15 is 0 Å². The van der Waals surface area contributed by atoms with Crippen LogP contribution >= 0.6 is 0 Å². The standard InChI is InChI=1S/C17H16N2O2/c1-11-4-3-5-12(2)15(11)10-19-16-8-13(17(20)21)6-7-14(16)9-18/h3-8,19H,10H2,1-2H3,(H,20,21). The van der Waals surface area contributed by atoms with Crippen LogP contribution in [0.3, 0.4) is 0 Å². The summed E-state index contributed by atoms with van der Waals surface area (Å²) in [4.78, 5) is 11.0. The summed E-state index contributed by atoms with van der Waals surface area (Å²) < 4.78 is 0. The Hall–Kier alpha value is -2.80. The maximum atomic E-state index is 11.0. The smallest absolute Gasteiger partial charge is 0.335 e. The second kappa shape index (κ2) is 6.10. The van der Waals surface area contributed by atoms with E-state index in [-0.39, 0.29) is 5.56 Å². The summed E-state index contributed by atoms with van der Waals surface area (Å²) in [6.07, 6.45) is 0. The normalized spacial score (nSPS) is 9.95. The minimum Gasteiger partial charge on any atom is -0.478 e. The third kappa shape index (κ3) is 3.21. The third-order valence-electron chi connectivity index (χ3n) is 3.49. The molecule has 4 nitrogen and oxygen atoms in total. The van der Waals surface area contributed by atoms with Gasteiger partial charge in [0.15, 0.2) is 0 Å². The van der Waals surface area contributed by atoms with Gasteiger partial charge < -0.3 is 10.4 Å². The van der Waals surface area contributed by atoms with Crippen LogP contribution in [0.5, 0.6) is 0 Å². The van der Waals surface area contributed by atoms with E-state index in [9.17, 15) is 4.79 Å². The first-order chi connectivity index (χ1) is 10.0. The number of hydrogen-bond donors (Lipinski definition) is 2. The zero-order valence-corrected chi connectivity index (χ0v) is 12.0. The predicted octanol–water partition coefficient (Wildman–Crippen LogP) is 3.49. The molecule has 0 atom stereocenters. The maximum absolute atomic E-state index is 11.0. The summed E-state index contributed by atoms with van der Waals surface area (Å²) in [7, 11) is 0. The molecule has 2 aromatic carbocycles. The Morgan fingerprint density at radius 2 is 1.90 bits per heavy atom. The fourth-order valence-corrected chi connectivity index (χ4v) is 2.23. The first-order valence-corrected chi connectivity index (χ1v) is 6.59. The van der Waals surface area contributed by atoms with Gasteiger partial charge in [0.25, 0.3) is 0 Å². The first-order valence-electron chi connectivity index (χ1n) is 6.59. The van der Waals surface area contributed by atoms with Crippen molar-refractivity contribution in [1.29, 1.82) is 5.26 Å². The molecule has 0 unspecified atom stereocenters. The van der Waals surface area contributed by atoms with Gasteiger partial charge in [-0.2, -0.15) is 5.26 Å². The van der Waals surface area contributed by atoms with Crippen LogP contribution in [-0.4, -0.2) is 11.1 Å². The van der Waals surface area contributed by atoms with Gasteiger partial charge in [-0.15, -0.1) is 0 Å². The molecule has 0 heterocycles. The molecule has 0 aliphatic carbocycles. The number of nitrogens with one attached hydrogen (secondary N) is 1. The SMILES string of the molecule is Cc1cccc(C)c1CNc1cc(C(=O)O)ccc1C#N. The van der Waals surface area contributed by atoms with Gasteiger partial charge in [-0.05, 0) is 48.7 Å². The second-order valence-electron chi connectivity index (χ2n) is 4.90. The highest BCUT2D eigenvalue weighted by Gasteiger charge is 2.09. The number of rotatable bonds is 4. The number of anilines is 1. The molecule has 0 aliphatic rings. The summed E-state index contributed by atoms with van der Waals surface area (Å²) in [6.45, 7) is 4.61. The summed E-state index contributed by atoms with van der Waals surface area (Å²) in [5.74, 6) is -1.00. The Morgan fingerprint density at radius 1 is 1.24 bits per heavy atom. The van der Waals surface area contributed by atoms with Crippen LogP contribution in [0, 0.1) is 25.2 Å². The number of carboxylic acid groups (broad SMARTS) is 1. The topological polar surface area (TPSA) is 73.1 Å². The molecule has 0 fully saturated rings. The molecule has 0 saturated carbocycles. The van der Waals surface area contributed by atoms with E-state index in [2.05, 4.69) is 11.4 Å². The van der Waals surface area contributed by atoms with Gasteiger partial charge in [-0.1, -0.05) is 18.2 Å². The van der Waals surface area contributed by atoms with Crippen molar-refractivity contribution in [2.45, 2.75) is 20.4 Å². The molecule has 0 radical (unpaired) electrons. The van der Waals surface area contributed by atoms with Crippen LogP contribution in [0.15, 0.2) is 36.4 Å². The molecule has 2 aromatic rings. The number of carbonyl (C=O) groups is 1. The Labute approximate surface area is 123 Å². The van der Waals surface area contributed by atoms with E-state index < -0.39 is 5.97 Å². The summed E-state index contributed by atoms with van der Waals surface area (Å²) in [5.41, 5.74) is 4.62. The van der Waals surface area contributed by atoms with Gasteiger partial charge >= 0.3 is 5.97 Å². The van der Waals surface area contributed by atoms with Crippen molar-refractivity contribution in [2.75, 3.05) is 5.32 Å². The minimum atomic E-state index is -1.00. The van der Waals surface area contributed by atoms with E-state index in [0.717, 1.165) is 16.7 Å². The van der Waals surface area contributed by atoms with Crippen molar-refractivity contribution in [2.24, 2.45) is 0 Å². The second-order valence-corrected chi connectivity index (χ2v) is 4.90. The van der Waals surface area contributed by atoms with Crippen LogP contribution in [-0.2, 0) is 6.54 Å². The number of hydrogen-bond acceptors (Lipinski definition) is 3. The van der Waals surface area contributed by atoms with Crippen LogP contribution in [0.1, 0.15) is 32.6 Å². The zero-order valence-electron chi connectivity index (χ0n) is 12.0. The van der Waals surface area contributed by atoms with Crippen molar-refractivity contribution in [3.8, 4) is 6.07 Å². The van der Waals surface area contributed by atoms with Crippen molar-refractivity contribution >= 4 is 11.7 Å². The van der Waals surface area contributed by atoms with Gasteiger partial charge in [0.1, 0.15) is 6.07 Å². The molecule has 4 heteroatoms. The monoisotopic (exact) mass is 280 g/mol. The van der Waals surface area contributed by atoms with E-state index in [4.69, 9.17) is 10.4 Å². The Morgan fingerprint density at radius 3 is 2.48 bits per heavy atom. The van der Waals surface area contributed by atoms with Gasteiger partial charge in [-0.25, -0.2) is 4.79 Å². The summed E-state index contributed by atoms with van der Waals surface area (Å²) in [6, 6.07) is 12.6. The number of nitriles is 1. The van der Waals surface area contributed by atoms with E-state index in [1.54, 1.807) is 0 Å². The molecular formula is C17H16N2O2. The average Bonchev–Trinajstić information content (AvgIpc) is 2.46. The fourth-order valence-electron chi connectivity index (χ4n) is 2.23. The van der Waals surface area contributed by atoms with Crippen LogP contribution < -0.4 is 5.32 Å². The number of aryl methyl sites for hydroxylation is 2. The molecular weight excluding hydrogens is 264 g/mol. The van der Waals surface area contributed by atoms with Crippen molar-refractivity contribution in [1.82, 2.24) is 0 Å². The highest BCUT2D eigenvalue weighted by atomic mass is 16.4. The summed E-state index contributed by atoms with van der Waals surface area (Å²) in [5, 5.41) is 21.3. The fraction of sp³-hybridized carbons (Fsp3) is 0.176. The maximum Gasteiger partial charge on any atom is 0.335 e. The molecule has 2 rings (SSSR count). The molecule has 0 bridgehead atoms. The molecule has 21 heavy (non-hydrogen) atoms. The molecule has 0 aliphatic heterocycles. The Bertz CT molecular complexity index is 710. The lowest BCUT2D eigenvalue weighted by Crippen LogP contribution is -2.06. The van der Waals surface area contributed by atoms with Crippen LogP contribution in [0.4, 0.5) is 5.69 Å². The van der Waals surface area contributed by atoms with Crippen molar-refractivity contribution in [3.05, 3.63) is 64.2 Å². The van der Waals surface area contributed by atoms with Crippen LogP contribution in [0.2, 0.25) is 0 Å². The Balaban J connectivity index is 2.29. The lowest BCUT2D eigenvalue weighted by Gasteiger charge is -2.13. The van der Waals surface area contributed by atoms with E-state index in [0.29, 0.717) is 17.8 Å². The average molecular weight is 280 g/mol. The molecule has 0 spiro atoms. The lowest BCUT2D eigenvalue weighted by molar-refractivity contribution is 0.0697. The number of aromatic carboxylic acids is 1. The number of nitrogens with zero attached hydrogens (tertiary/aromatic N) is 1. The summed E-state index contributed by atoms with van der Waals surface area (Å²) >= 11 is 0. The van der Waals surface area contributed by atoms with Crippen LogP contribution in [0.25, 0.3) is 0 Å². The predicted molar refractivity (Wildman–Crippen MR) is 81.4 cm³/mol. The molecule has 0 amide bonds. The van der Waals surface area contributed by atoms with E-state index in [1.165, 1.54) is 18.2 Å². The van der Waals surface area contributed by atoms with Crippen molar-refractivity contribution in [3.63, 3.8) is 0 Å².